The van der Waals surface area contributed by atoms with Crippen molar-refractivity contribution in [2.75, 3.05) is 13.7 Å². The van der Waals surface area contributed by atoms with Crippen LogP contribution in [0.1, 0.15) is 55.6 Å². The Hall–Kier alpha value is -3.39. The van der Waals surface area contributed by atoms with Crippen molar-refractivity contribution in [1.82, 2.24) is 10.6 Å². The number of carbonyl (C=O) groups excluding carboxylic acids is 2. The number of hydrogen-bond donors (Lipinski definition) is 3. The standard InChI is InChI=1S/C27H32N2O6/c1-34-18-8-6-7-17(13-14-18)28-26(32)24(15-25(30)31)29-27(33)35-16-23-21-11-4-2-9-19(21)20-10-3-5-12-22(20)23/h2-5,9-12,17-18,23-24H,6-8,13-16H2,1H3,(H,28,32)(H,29,33)(H,30,31). The molecule has 2 aliphatic rings. The predicted octanol–water partition coefficient (Wildman–Crippen LogP) is 3.83. The molecule has 35 heavy (non-hydrogen) atoms. The SMILES string of the molecule is COC1CCCC(NC(=O)C(CC(=O)O)NC(=O)OCC2c3ccccc3-c3ccccc32)CC1. The second-order valence-corrected chi connectivity index (χ2v) is 9.19. The Balaban J connectivity index is 1.37. The molecule has 186 valence electrons. The second kappa shape index (κ2) is 11.4. The van der Waals surface area contributed by atoms with Gasteiger partial charge in [-0.2, -0.15) is 0 Å². The molecule has 3 unspecified atom stereocenters. The van der Waals surface area contributed by atoms with Gasteiger partial charge in [0.15, 0.2) is 0 Å². The fourth-order valence-corrected chi connectivity index (χ4v) is 5.12. The van der Waals surface area contributed by atoms with E-state index in [2.05, 4.69) is 10.6 Å². The minimum atomic E-state index is -1.22. The molecule has 0 heterocycles. The maximum absolute atomic E-state index is 12.9. The van der Waals surface area contributed by atoms with Crippen LogP contribution in [0.5, 0.6) is 0 Å². The van der Waals surface area contributed by atoms with E-state index in [1.54, 1.807) is 7.11 Å². The Morgan fingerprint density at radius 2 is 1.63 bits per heavy atom. The highest BCUT2D eigenvalue weighted by molar-refractivity contribution is 5.89. The van der Waals surface area contributed by atoms with Gasteiger partial charge < -0.3 is 25.2 Å². The fourth-order valence-electron chi connectivity index (χ4n) is 5.12. The molecular formula is C27H32N2O6. The van der Waals surface area contributed by atoms with Crippen LogP contribution in [0.15, 0.2) is 48.5 Å². The number of carboxylic acids is 1. The van der Waals surface area contributed by atoms with Crippen molar-refractivity contribution in [3.63, 3.8) is 0 Å². The summed E-state index contributed by atoms with van der Waals surface area (Å²) in [6, 6.07) is 14.7. The smallest absolute Gasteiger partial charge is 0.407 e. The summed E-state index contributed by atoms with van der Waals surface area (Å²) in [4.78, 5) is 36.9. The Morgan fingerprint density at radius 1 is 0.971 bits per heavy atom. The third kappa shape index (κ3) is 6.00. The first kappa shape index (κ1) is 24.7. The van der Waals surface area contributed by atoms with Gasteiger partial charge in [-0.1, -0.05) is 48.5 Å². The quantitative estimate of drug-likeness (QED) is 0.495. The van der Waals surface area contributed by atoms with Crippen molar-refractivity contribution in [2.45, 2.75) is 62.6 Å². The van der Waals surface area contributed by atoms with Crippen molar-refractivity contribution >= 4 is 18.0 Å². The molecule has 2 aromatic rings. The first-order valence-electron chi connectivity index (χ1n) is 12.1. The summed E-state index contributed by atoms with van der Waals surface area (Å²) in [6.07, 6.45) is 3.03. The van der Waals surface area contributed by atoms with E-state index in [0.717, 1.165) is 54.4 Å². The maximum Gasteiger partial charge on any atom is 0.407 e. The number of hydrogen-bond acceptors (Lipinski definition) is 5. The van der Waals surface area contributed by atoms with Gasteiger partial charge in [0.05, 0.1) is 12.5 Å². The van der Waals surface area contributed by atoms with E-state index in [1.807, 2.05) is 48.5 Å². The largest absolute Gasteiger partial charge is 0.481 e. The van der Waals surface area contributed by atoms with Gasteiger partial charge in [-0.3, -0.25) is 9.59 Å². The average Bonchev–Trinajstić information content (AvgIpc) is 2.99. The van der Waals surface area contributed by atoms with Crippen molar-refractivity contribution in [3.8, 4) is 11.1 Å². The summed E-state index contributed by atoms with van der Waals surface area (Å²) >= 11 is 0. The highest BCUT2D eigenvalue weighted by Crippen LogP contribution is 2.44. The van der Waals surface area contributed by atoms with Crippen molar-refractivity contribution in [1.29, 1.82) is 0 Å². The van der Waals surface area contributed by atoms with Crippen LogP contribution < -0.4 is 10.6 Å². The fraction of sp³-hybridized carbons (Fsp3) is 0.444. The number of nitrogens with one attached hydrogen (secondary N) is 2. The molecule has 3 N–H and O–H groups in total. The molecule has 8 nitrogen and oxygen atoms in total. The highest BCUT2D eigenvalue weighted by Gasteiger charge is 2.31. The lowest BCUT2D eigenvalue weighted by molar-refractivity contribution is -0.140. The summed E-state index contributed by atoms with van der Waals surface area (Å²) in [6.45, 7) is 0.0856. The third-order valence-corrected chi connectivity index (χ3v) is 6.93. The van der Waals surface area contributed by atoms with Gasteiger partial charge in [-0.05, 0) is 54.4 Å². The molecule has 2 aromatic carbocycles. The molecule has 1 saturated carbocycles. The van der Waals surface area contributed by atoms with E-state index in [4.69, 9.17) is 9.47 Å². The number of fused-ring (bicyclic) bond motifs is 3. The minimum absolute atomic E-state index is 0.0803. The van der Waals surface area contributed by atoms with Crippen LogP contribution in [0.2, 0.25) is 0 Å². The number of carboxylic acid groups (broad SMARTS) is 1. The molecule has 0 bridgehead atoms. The Labute approximate surface area is 205 Å². The molecule has 0 radical (unpaired) electrons. The van der Waals surface area contributed by atoms with Gasteiger partial charge in [0.25, 0.3) is 0 Å². The van der Waals surface area contributed by atoms with Crippen LogP contribution in [-0.4, -0.2) is 55.0 Å². The van der Waals surface area contributed by atoms with Gasteiger partial charge in [0, 0.05) is 19.1 Å². The monoisotopic (exact) mass is 480 g/mol. The summed E-state index contributed by atoms with van der Waals surface area (Å²) in [7, 11) is 1.69. The van der Waals surface area contributed by atoms with Gasteiger partial charge in [-0.25, -0.2) is 4.79 Å². The van der Waals surface area contributed by atoms with E-state index in [-0.39, 0.29) is 24.7 Å². The number of carbonyl (C=O) groups is 3. The van der Waals surface area contributed by atoms with Crippen LogP contribution in [0.25, 0.3) is 11.1 Å². The zero-order chi connectivity index (χ0) is 24.8. The molecular weight excluding hydrogens is 448 g/mol. The lowest BCUT2D eigenvalue weighted by Crippen LogP contribution is -2.50. The van der Waals surface area contributed by atoms with Crippen molar-refractivity contribution in [3.05, 3.63) is 59.7 Å². The van der Waals surface area contributed by atoms with E-state index >= 15 is 0 Å². The maximum atomic E-state index is 12.9. The highest BCUT2D eigenvalue weighted by atomic mass is 16.5. The van der Waals surface area contributed by atoms with E-state index < -0.39 is 30.4 Å². The first-order valence-corrected chi connectivity index (χ1v) is 12.1. The summed E-state index contributed by atoms with van der Waals surface area (Å²) in [5, 5.41) is 14.7. The Kier molecular flexibility index (Phi) is 8.02. The van der Waals surface area contributed by atoms with E-state index in [0.29, 0.717) is 0 Å². The zero-order valence-corrected chi connectivity index (χ0v) is 19.9. The molecule has 0 spiro atoms. The van der Waals surface area contributed by atoms with Gasteiger partial charge in [0.1, 0.15) is 12.6 Å². The lowest BCUT2D eigenvalue weighted by atomic mass is 9.98. The van der Waals surface area contributed by atoms with Crippen LogP contribution in [-0.2, 0) is 19.1 Å². The molecule has 0 aromatic heterocycles. The lowest BCUT2D eigenvalue weighted by Gasteiger charge is -2.22. The topological polar surface area (TPSA) is 114 Å². The molecule has 1 fully saturated rings. The number of aliphatic carboxylic acids is 1. The summed E-state index contributed by atoms with van der Waals surface area (Å²) in [5.41, 5.74) is 4.37. The number of methoxy groups -OCH3 is 1. The normalized spacial score (nSPS) is 20.1. The van der Waals surface area contributed by atoms with Crippen molar-refractivity contribution < 1.29 is 29.0 Å². The molecule has 2 aliphatic carbocycles. The second-order valence-electron chi connectivity index (χ2n) is 9.19. The molecule has 0 aliphatic heterocycles. The number of rotatable bonds is 8. The van der Waals surface area contributed by atoms with Crippen LogP contribution in [0, 0.1) is 0 Å². The van der Waals surface area contributed by atoms with Crippen LogP contribution in [0.3, 0.4) is 0 Å². The number of ether oxygens (including phenoxy) is 2. The summed E-state index contributed by atoms with van der Waals surface area (Å²) in [5.74, 6) is -1.81. The number of alkyl carbamates (subject to hydrolysis) is 1. The number of benzene rings is 2. The van der Waals surface area contributed by atoms with Gasteiger partial charge in [0.2, 0.25) is 5.91 Å². The van der Waals surface area contributed by atoms with E-state index in [9.17, 15) is 19.5 Å². The predicted molar refractivity (Wildman–Crippen MR) is 130 cm³/mol. The molecule has 4 rings (SSSR count). The molecule has 8 heteroatoms. The zero-order valence-electron chi connectivity index (χ0n) is 19.9. The van der Waals surface area contributed by atoms with Crippen LogP contribution in [0.4, 0.5) is 4.79 Å². The summed E-state index contributed by atoms with van der Waals surface area (Å²) < 4.78 is 10.9. The molecule has 0 saturated heterocycles. The number of amides is 2. The molecule has 3 atom stereocenters. The van der Waals surface area contributed by atoms with Gasteiger partial charge in [-0.15, -0.1) is 0 Å². The van der Waals surface area contributed by atoms with Crippen molar-refractivity contribution in [2.24, 2.45) is 0 Å². The first-order chi connectivity index (χ1) is 17.0. The van der Waals surface area contributed by atoms with Crippen LogP contribution >= 0.6 is 0 Å². The Morgan fingerprint density at radius 3 is 2.26 bits per heavy atom. The third-order valence-electron chi connectivity index (χ3n) is 6.93. The molecule has 2 amide bonds. The minimum Gasteiger partial charge on any atom is -0.481 e. The Bertz CT molecular complexity index is 1030. The van der Waals surface area contributed by atoms with E-state index in [1.165, 1.54) is 0 Å². The van der Waals surface area contributed by atoms with Gasteiger partial charge >= 0.3 is 12.1 Å². The average molecular weight is 481 g/mol.